The predicted octanol–water partition coefficient (Wildman–Crippen LogP) is 2.57. The number of pyridine rings is 1. The summed E-state index contributed by atoms with van der Waals surface area (Å²) in [5.74, 6) is -2.85. The molecule has 0 aliphatic heterocycles. The highest BCUT2D eigenvalue weighted by atomic mass is 19.4. The number of carbonyl (C=O) groups is 3. The molecule has 0 fully saturated rings. The molecule has 0 saturated carbocycles. The Kier molecular flexibility index (Phi) is 5.63. The second-order valence-corrected chi connectivity index (χ2v) is 6.28. The van der Waals surface area contributed by atoms with E-state index in [0.717, 1.165) is 14.2 Å². The number of benzene rings is 1. The van der Waals surface area contributed by atoms with Crippen LogP contribution in [0.4, 0.5) is 13.2 Å². The normalized spacial score (nSPS) is 12.6. The maximum absolute atomic E-state index is 13.6. The number of amides is 1. The number of aromatic amines is 1. The number of H-pyrrole nitrogens is 1. The lowest BCUT2D eigenvalue weighted by Crippen LogP contribution is -2.43. The van der Waals surface area contributed by atoms with Crippen molar-refractivity contribution >= 4 is 39.7 Å². The molecule has 0 unspecified atom stereocenters. The number of nitrogens with one attached hydrogen (secondary N) is 2. The molecule has 158 valence electrons. The van der Waals surface area contributed by atoms with Crippen molar-refractivity contribution in [2.45, 2.75) is 18.6 Å². The number of ether oxygens (including phenoxy) is 2. The first kappa shape index (κ1) is 21.1. The third-order valence-electron chi connectivity index (χ3n) is 4.39. The molecule has 11 heteroatoms. The molecule has 0 aliphatic carbocycles. The lowest BCUT2D eigenvalue weighted by atomic mass is 10.1. The van der Waals surface area contributed by atoms with Gasteiger partial charge in [0.2, 0.25) is 0 Å². The third kappa shape index (κ3) is 4.04. The molecule has 1 amide bonds. The number of esters is 2. The van der Waals surface area contributed by atoms with Gasteiger partial charge in [-0.25, -0.2) is 9.78 Å². The van der Waals surface area contributed by atoms with Crippen LogP contribution in [0.2, 0.25) is 0 Å². The largest absolute Gasteiger partial charge is 0.469 e. The fraction of sp³-hybridized carbons (Fsp3) is 0.263. The fourth-order valence-corrected chi connectivity index (χ4v) is 2.98. The number of hydrogen-bond acceptors (Lipinski definition) is 6. The number of alkyl halides is 3. The van der Waals surface area contributed by atoms with Crippen LogP contribution in [-0.4, -0.2) is 48.1 Å². The van der Waals surface area contributed by atoms with Gasteiger partial charge in [0.1, 0.15) is 11.7 Å². The van der Waals surface area contributed by atoms with Crippen molar-refractivity contribution < 1.29 is 37.0 Å². The fourth-order valence-electron chi connectivity index (χ4n) is 2.98. The minimum Gasteiger partial charge on any atom is -0.469 e. The quantitative estimate of drug-likeness (QED) is 0.611. The number of rotatable bonds is 5. The zero-order valence-electron chi connectivity index (χ0n) is 15.8. The number of aromatic nitrogens is 2. The average molecular weight is 423 g/mol. The number of nitrogens with zero attached hydrogens (tertiary/aromatic N) is 1. The van der Waals surface area contributed by atoms with E-state index in [9.17, 15) is 27.6 Å². The van der Waals surface area contributed by atoms with Crippen LogP contribution >= 0.6 is 0 Å². The minimum atomic E-state index is -4.84. The van der Waals surface area contributed by atoms with Gasteiger partial charge in [0.25, 0.3) is 5.91 Å². The van der Waals surface area contributed by atoms with Crippen LogP contribution in [0.25, 0.3) is 21.8 Å². The molecule has 2 heterocycles. The first-order valence-corrected chi connectivity index (χ1v) is 8.60. The van der Waals surface area contributed by atoms with Crippen LogP contribution in [0.1, 0.15) is 22.6 Å². The molecule has 0 saturated heterocycles. The maximum atomic E-state index is 13.6. The van der Waals surface area contributed by atoms with Crippen molar-refractivity contribution in [3.8, 4) is 0 Å². The second-order valence-electron chi connectivity index (χ2n) is 6.28. The van der Waals surface area contributed by atoms with Crippen LogP contribution in [0.15, 0.2) is 30.3 Å². The Morgan fingerprint density at radius 3 is 2.47 bits per heavy atom. The molecule has 0 bridgehead atoms. The van der Waals surface area contributed by atoms with Gasteiger partial charge in [-0.3, -0.25) is 9.59 Å². The van der Waals surface area contributed by atoms with Crippen LogP contribution in [0.5, 0.6) is 0 Å². The number of methoxy groups -OCH3 is 2. The molecular weight excluding hydrogens is 407 g/mol. The van der Waals surface area contributed by atoms with Crippen molar-refractivity contribution in [1.82, 2.24) is 15.3 Å². The average Bonchev–Trinajstić information content (AvgIpc) is 3.09. The van der Waals surface area contributed by atoms with E-state index < -0.39 is 47.9 Å². The summed E-state index contributed by atoms with van der Waals surface area (Å²) in [7, 11) is 2.12. The number of hydrogen-bond donors (Lipinski definition) is 2. The summed E-state index contributed by atoms with van der Waals surface area (Å²) >= 11 is 0. The summed E-state index contributed by atoms with van der Waals surface area (Å²) in [5.41, 5.74) is -1.67. The number of halogens is 3. The van der Waals surface area contributed by atoms with Gasteiger partial charge in [-0.15, -0.1) is 0 Å². The van der Waals surface area contributed by atoms with Gasteiger partial charge in [0, 0.05) is 16.3 Å². The first-order valence-electron chi connectivity index (χ1n) is 8.60. The molecule has 0 spiro atoms. The highest BCUT2D eigenvalue weighted by Gasteiger charge is 2.37. The number of carbonyl (C=O) groups excluding carboxylic acids is 3. The molecule has 2 N–H and O–H groups in total. The van der Waals surface area contributed by atoms with E-state index in [1.54, 1.807) is 24.3 Å². The smallest absolute Gasteiger partial charge is 0.435 e. The van der Waals surface area contributed by atoms with Crippen LogP contribution in [0, 0.1) is 0 Å². The molecule has 0 radical (unpaired) electrons. The van der Waals surface area contributed by atoms with Crippen LogP contribution in [-0.2, 0) is 25.2 Å². The van der Waals surface area contributed by atoms with E-state index in [4.69, 9.17) is 0 Å². The maximum Gasteiger partial charge on any atom is 0.435 e. The Hall–Kier alpha value is -3.63. The molecule has 2 aromatic heterocycles. The molecule has 1 aromatic carbocycles. The van der Waals surface area contributed by atoms with E-state index >= 15 is 0 Å². The zero-order chi connectivity index (χ0) is 22.1. The highest BCUT2D eigenvalue weighted by Crippen LogP contribution is 2.36. The second kappa shape index (κ2) is 8.01. The zero-order valence-corrected chi connectivity index (χ0v) is 15.8. The lowest BCUT2D eigenvalue weighted by Gasteiger charge is -2.16. The summed E-state index contributed by atoms with van der Waals surface area (Å²) in [6, 6.07) is 6.23. The predicted molar refractivity (Wildman–Crippen MR) is 98.5 cm³/mol. The molecule has 0 aliphatic rings. The monoisotopic (exact) mass is 423 g/mol. The number of fused-ring (bicyclic) bond motifs is 3. The summed E-state index contributed by atoms with van der Waals surface area (Å²) in [6.45, 7) is 0. The van der Waals surface area contributed by atoms with Gasteiger partial charge < -0.3 is 19.8 Å². The van der Waals surface area contributed by atoms with E-state index in [-0.39, 0.29) is 10.9 Å². The van der Waals surface area contributed by atoms with Crippen molar-refractivity contribution in [2.75, 3.05) is 14.2 Å². The molecular formula is C19H16F3N3O5. The Balaban J connectivity index is 2.08. The summed E-state index contributed by atoms with van der Waals surface area (Å²) in [6.07, 6.45) is -5.40. The standard InChI is InChI=1S/C19H16F3N3O5/c1-29-14(26)8-13(18(28)30-2)25-17(27)12-7-10-9-5-3-4-6-11(9)23-15(10)16(24-12)19(20,21)22/h3-7,13,23H,8H2,1-2H3,(H,25,27)/t13-/m0/s1. The highest BCUT2D eigenvalue weighted by molar-refractivity contribution is 6.10. The summed E-state index contributed by atoms with van der Waals surface area (Å²) in [5, 5.41) is 2.78. The third-order valence-corrected chi connectivity index (χ3v) is 4.39. The van der Waals surface area contributed by atoms with E-state index in [1.165, 1.54) is 6.07 Å². The Morgan fingerprint density at radius 1 is 1.13 bits per heavy atom. The van der Waals surface area contributed by atoms with Crippen LogP contribution in [0.3, 0.4) is 0 Å². The van der Waals surface area contributed by atoms with E-state index in [0.29, 0.717) is 10.9 Å². The Labute approximate surface area is 167 Å². The first-order chi connectivity index (χ1) is 14.2. The van der Waals surface area contributed by atoms with Gasteiger partial charge in [-0.1, -0.05) is 18.2 Å². The van der Waals surface area contributed by atoms with Gasteiger partial charge in [0.05, 0.1) is 26.2 Å². The van der Waals surface area contributed by atoms with Crippen molar-refractivity contribution in [3.63, 3.8) is 0 Å². The van der Waals surface area contributed by atoms with Crippen molar-refractivity contribution in [2.24, 2.45) is 0 Å². The van der Waals surface area contributed by atoms with E-state index in [2.05, 4.69) is 24.8 Å². The Bertz CT molecular complexity index is 1140. The molecule has 3 rings (SSSR count). The molecule has 30 heavy (non-hydrogen) atoms. The van der Waals surface area contributed by atoms with Gasteiger partial charge >= 0.3 is 18.1 Å². The molecule has 3 aromatic rings. The SMILES string of the molecule is COC(=O)C[C@H](NC(=O)c1cc2c([nH]c3ccccc32)c(C(F)(F)F)n1)C(=O)OC. The van der Waals surface area contributed by atoms with E-state index in [1.807, 2.05) is 0 Å². The Morgan fingerprint density at radius 2 is 1.83 bits per heavy atom. The molecule has 8 nitrogen and oxygen atoms in total. The molecule has 1 atom stereocenters. The topological polar surface area (TPSA) is 110 Å². The van der Waals surface area contributed by atoms with Crippen molar-refractivity contribution in [3.05, 3.63) is 41.7 Å². The minimum absolute atomic E-state index is 0.140. The lowest BCUT2D eigenvalue weighted by molar-refractivity contribution is -0.149. The van der Waals surface area contributed by atoms with Gasteiger partial charge in [0.15, 0.2) is 5.69 Å². The summed E-state index contributed by atoms with van der Waals surface area (Å²) in [4.78, 5) is 42.1. The number of para-hydroxylation sites is 1. The van der Waals surface area contributed by atoms with Gasteiger partial charge in [-0.05, 0) is 12.1 Å². The summed E-state index contributed by atoms with van der Waals surface area (Å²) < 4.78 is 49.8. The van der Waals surface area contributed by atoms with Gasteiger partial charge in [-0.2, -0.15) is 13.2 Å². The van der Waals surface area contributed by atoms with Crippen LogP contribution < -0.4 is 5.32 Å². The van der Waals surface area contributed by atoms with Crippen molar-refractivity contribution in [1.29, 1.82) is 0 Å².